The van der Waals surface area contributed by atoms with E-state index in [1.54, 1.807) is 18.0 Å². The molecule has 0 saturated heterocycles. The summed E-state index contributed by atoms with van der Waals surface area (Å²) in [6, 6.07) is 7.60. The fourth-order valence-corrected chi connectivity index (χ4v) is 2.93. The minimum atomic E-state index is 0.658. The highest BCUT2D eigenvalue weighted by Gasteiger charge is 2.13. The molecule has 0 unspecified atom stereocenters. The summed E-state index contributed by atoms with van der Waals surface area (Å²) in [6.45, 7) is 2.15. The first-order chi connectivity index (χ1) is 9.79. The number of nitrogens with zero attached hydrogens (tertiary/aromatic N) is 4. The fourth-order valence-electron chi connectivity index (χ4n) is 1.92. The lowest BCUT2D eigenvalue weighted by Gasteiger charge is -2.06. The molecule has 4 nitrogen and oxygen atoms in total. The lowest BCUT2D eigenvalue weighted by molar-refractivity contribution is 1.05. The molecule has 0 aliphatic heterocycles. The molecule has 0 fully saturated rings. The highest BCUT2D eigenvalue weighted by atomic mass is 35.5. The quantitative estimate of drug-likeness (QED) is 0.685. The van der Waals surface area contributed by atoms with Crippen molar-refractivity contribution in [2.24, 2.45) is 0 Å². The number of halogens is 1. The van der Waals surface area contributed by atoms with Crippen molar-refractivity contribution in [3.63, 3.8) is 0 Å². The van der Waals surface area contributed by atoms with Gasteiger partial charge in [0.1, 0.15) is 5.03 Å². The molecule has 20 heavy (non-hydrogen) atoms. The first-order valence-corrected chi connectivity index (χ1v) is 7.74. The summed E-state index contributed by atoms with van der Waals surface area (Å²) in [7, 11) is 0. The molecule has 0 aliphatic carbocycles. The van der Waals surface area contributed by atoms with Gasteiger partial charge in [-0.25, -0.2) is 4.98 Å². The minimum Gasteiger partial charge on any atom is -0.281 e. The molecule has 0 atom stereocenters. The third-order valence-electron chi connectivity index (χ3n) is 2.82. The van der Waals surface area contributed by atoms with E-state index in [2.05, 4.69) is 22.1 Å². The van der Waals surface area contributed by atoms with Crippen molar-refractivity contribution in [3.05, 3.63) is 41.7 Å². The number of hydrogen-bond donors (Lipinski definition) is 0. The average Bonchev–Trinajstić information content (AvgIpc) is 2.88. The van der Waals surface area contributed by atoms with Gasteiger partial charge in [0.2, 0.25) is 0 Å². The van der Waals surface area contributed by atoms with Crippen molar-refractivity contribution >= 4 is 29.0 Å². The van der Waals surface area contributed by atoms with E-state index >= 15 is 0 Å². The van der Waals surface area contributed by atoms with Crippen molar-refractivity contribution in [1.82, 2.24) is 19.6 Å². The van der Waals surface area contributed by atoms with E-state index in [4.69, 9.17) is 11.6 Å². The molecule has 3 heterocycles. The third kappa shape index (κ3) is 2.51. The van der Waals surface area contributed by atoms with Gasteiger partial charge in [-0.2, -0.15) is 0 Å². The van der Waals surface area contributed by atoms with Gasteiger partial charge in [-0.05, 0) is 36.4 Å². The highest BCUT2D eigenvalue weighted by Crippen LogP contribution is 2.29. The van der Waals surface area contributed by atoms with Crippen LogP contribution in [0.25, 0.3) is 17.0 Å². The molecule has 0 saturated carbocycles. The maximum Gasteiger partial charge on any atom is 0.171 e. The Bertz CT molecular complexity index is 741. The number of pyridine rings is 2. The Hall–Kier alpha value is -1.59. The van der Waals surface area contributed by atoms with E-state index in [0.29, 0.717) is 5.02 Å². The van der Waals surface area contributed by atoms with Crippen LogP contribution in [0.15, 0.2) is 41.7 Å². The van der Waals surface area contributed by atoms with Crippen LogP contribution in [0.4, 0.5) is 0 Å². The molecule has 0 aromatic carbocycles. The van der Waals surface area contributed by atoms with E-state index in [-0.39, 0.29) is 0 Å². The topological polar surface area (TPSA) is 43.1 Å². The van der Waals surface area contributed by atoms with Gasteiger partial charge in [-0.3, -0.25) is 4.40 Å². The van der Waals surface area contributed by atoms with Gasteiger partial charge in [0.05, 0.1) is 10.6 Å². The second-order valence-electron chi connectivity index (χ2n) is 4.30. The lowest BCUT2D eigenvalue weighted by atomic mass is 10.2. The number of thioether (sulfide) groups is 1. The van der Waals surface area contributed by atoms with E-state index in [0.717, 1.165) is 34.2 Å². The molecule has 3 aromatic rings. The Morgan fingerprint density at radius 1 is 1.25 bits per heavy atom. The summed E-state index contributed by atoms with van der Waals surface area (Å²) < 4.78 is 1.90. The van der Waals surface area contributed by atoms with Crippen molar-refractivity contribution in [1.29, 1.82) is 0 Å². The zero-order valence-electron chi connectivity index (χ0n) is 11.0. The Labute approximate surface area is 126 Å². The summed E-state index contributed by atoms with van der Waals surface area (Å²) in [5, 5.41) is 10.1. The van der Waals surface area contributed by atoms with Crippen LogP contribution in [0, 0.1) is 0 Å². The number of fused-ring (bicyclic) bond motifs is 1. The van der Waals surface area contributed by atoms with E-state index in [9.17, 15) is 0 Å². The minimum absolute atomic E-state index is 0.658. The van der Waals surface area contributed by atoms with Gasteiger partial charge in [-0.1, -0.05) is 18.5 Å². The zero-order chi connectivity index (χ0) is 13.9. The molecule has 0 aliphatic rings. The van der Waals surface area contributed by atoms with Gasteiger partial charge in [0.25, 0.3) is 0 Å². The molecule has 0 spiro atoms. The number of rotatable bonds is 4. The molecular weight excluding hydrogens is 292 g/mol. The number of aromatic nitrogens is 4. The molecule has 0 bridgehead atoms. The monoisotopic (exact) mass is 304 g/mol. The van der Waals surface area contributed by atoms with Crippen molar-refractivity contribution < 1.29 is 0 Å². The molecule has 3 aromatic heterocycles. The van der Waals surface area contributed by atoms with Gasteiger partial charge in [0.15, 0.2) is 11.5 Å². The smallest absolute Gasteiger partial charge is 0.171 e. The molecule has 0 N–H and O–H groups in total. The summed E-state index contributed by atoms with van der Waals surface area (Å²) in [6.07, 6.45) is 4.73. The molecule has 102 valence electrons. The van der Waals surface area contributed by atoms with Gasteiger partial charge in [0, 0.05) is 12.4 Å². The average molecular weight is 305 g/mol. The Kier molecular flexibility index (Phi) is 3.89. The van der Waals surface area contributed by atoms with E-state index < -0.39 is 0 Å². The van der Waals surface area contributed by atoms with Crippen molar-refractivity contribution in [3.8, 4) is 11.4 Å². The third-order valence-corrected chi connectivity index (χ3v) is 4.26. The molecular formula is C14H13ClN4S. The van der Waals surface area contributed by atoms with Crippen molar-refractivity contribution in [2.75, 3.05) is 5.75 Å². The Balaban J connectivity index is 2.13. The van der Waals surface area contributed by atoms with E-state index in [1.807, 2.05) is 34.9 Å². The predicted molar refractivity (Wildman–Crippen MR) is 82.2 cm³/mol. The second-order valence-corrected chi connectivity index (χ2v) is 5.82. The first kappa shape index (κ1) is 13.4. The standard InChI is InChI=1S/C14H13ClN4S/c1-2-8-20-14-11(4-3-7-16-14)13-18-17-12-6-5-10(15)9-19(12)13/h3-7,9H,2,8H2,1H3. The summed E-state index contributed by atoms with van der Waals surface area (Å²) >= 11 is 7.79. The van der Waals surface area contributed by atoms with E-state index in [1.165, 1.54) is 0 Å². The molecule has 0 radical (unpaired) electrons. The Morgan fingerprint density at radius 2 is 2.15 bits per heavy atom. The zero-order valence-corrected chi connectivity index (χ0v) is 12.5. The normalized spacial score (nSPS) is 11.1. The largest absolute Gasteiger partial charge is 0.281 e. The fraction of sp³-hybridized carbons (Fsp3) is 0.214. The van der Waals surface area contributed by atoms with Crippen LogP contribution >= 0.6 is 23.4 Å². The summed E-state index contributed by atoms with van der Waals surface area (Å²) in [4.78, 5) is 4.45. The van der Waals surface area contributed by atoms with Crippen LogP contribution in [0.3, 0.4) is 0 Å². The van der Waals surface area contributed by atoms with Crippen LogP contribution in [0.2, 0.25) is 5.02 Å². The SMILES string of the molecule is CCCSc1ncccc1-c1nnc2ccc(Cl)cn12. The van der Waals surface area contributed by atoms with Crippen LogP contribution in [0.5, 0.6) is 0 Å². The van der Waals surface area contributed by atoms with Crippen LogP contribution in [-0.2, 0) is 0 Å². The second kappa shape index (κ2) is 5.81. The lowest BCUT2D eigenvalue weighted by Crippen LogP contribution is -1.93. The van der Waals surface area contributed by atoms with Gasteiger partial charge < -0.3 is 0 Å². The molecule has 6 heteroatoms. The van der Waals surface area contributed by atoms with Crippen LogP contribution < -0.4 is 0 Å². The van der Waals surface area contributed by atoms with Gasteiger partial charge >= 0.3 is 0 Å². The summed E-state index contributed by atoms with van der Waals surface area (Å²) in [5.41, 5.74) is 1.76. The maximum atomic E-state index is 6.06. The predicted octanol–water partition coefficient (Wildman–Crippen LogP) is 3.95. The Morgan fingerprint density at radius 3 is 3.00 bits per heavy atom. The summed E-state index contributed by atoms with van der Waals surface area (Å²) in [5.74, 6) is 1.80. The van der Waals surface area contributed by atoms with Crippen molar-refractivity contribution in [2.45, 2.75) is 18.4 Å². The maximum absolute atomic E-state index is 6.06. The van der Waals surface area contributed by atoms with Crippen LogP contribution in [0.1, 0.15) is 13.3 Å². The molecule has 0 amide bonds. The highest BCUT2D eigenvalue weighted by molar-refractivity contribution is 7.99. The first-order valence-electron chi connectivity index (χ1n) is 6.38. The van der Waals surface area contributed by atoms with Gasteiger partial charge in [-0.15, -0.1) is 22.0 Å². The molecule has 3 rings (SSSR count). The van der Waals surface area contributed by atoms with Crippen LogP contribution in [-0.4, -0.2) is 25.3 Å². The number of hydrogen-bond acceptors (Lipinski definition) is 4.